The predicted molar refractivity (Wildman–Crippen MR) is 119 cm³/mol. The van der Waals surface area contributed by atoms with Crippen molar-refractivity contribution in [2.24, 2.45) is 0 Å². The lowest BCUT2D eigenvalue weighted by Crippen LogP contribution is -2.25. The molecule has 1 amide bonds. The van der Waals surface area contributed by atoms with Crippen LogP contribution in [0.2, 0.25) is 10.0 Å². The average molecular weight is 461 g/mol. The molecule has 0 saturated heterocycles. The molecule has 0 fully saturated rings. The van der Waals surface area contributed by atoms with Crippen LogP contribution in [0.15, 0.2) is 66.3 Å². The average Bonchev–Trinajstić information content (AvgIpc) is 3.12. The Bertz CT molecular complexity index is 1070. The molecule has 3 rings (SSSR count). The Kier molecular flexibility index (Phi) is 7.68. The number of Topliss-reactive ketones (excluding diaryl/α,β-unsaturated/α-hetero) is 1. The van der Waals surface area contributed by atoms with Crippen molar-refractivity contribution in [3.05, 3.63) is 88.2 Å². The Labute approximate surface area is 188 Å². The van der Waals surface area contributed by atoms with Gasteiger partial charge in [-0.3, -0.25) is 9.59 Å². The first kappa shape index (κ1) is 22.1. The summed E-state index contributed by atoms with van der Waals surface area (Å²) in [7, 11) is 0. The van der Waals surface area contributed by atoms with Crippen LogP contribution < -0.4 is 5.32 Å². The standard InChI is InChI=1S/C21H18Cl2N4O2S/c1-2-10-27-19(12-24-20(29)16-9-8-15(22)11-17(16)23)25-26-21(27)30-13-18(28)14-6-4-3-5-7-14/h2-9,11H,1,10,12-13H2,(H,24,29). The molecule has 0 radical (unpaired) electrons. The first-order valence-electron chi connectivity index (χ1n) is 8.97. The van der Waals surface area contributed by atoms with E-state index in [-0.39, 0.29) is 29.0 Å². The predicted octanol–water partition coefficient (Wildman–Crippen LogP) is 4.68. The maximum Gasteiger partial charge on any atom is 0.253 e. The maximum absolute atomic E-state index is 12.4. The lowest BCUT2D eigenvalue weighted by Gasteiger charge is -2.09. The van der Waals surface area contributed by atoms with Gasteiger partial charge in [-0.15, -0.1) is 16.8 Å². The molecule has 0 saturated carbocycles. The van der Waals surface area contributed by atoms with Crippen LogP contribution in [0.4, 0.5) is 0 Å². The number of ketones is 1. The fourth-order valence-electron chi connectivity index (χ4n) is 2.63. The third kappa shape index (κ3) is 5.50. The van der Waals surface area contributed by atoms with Crippen LogP contribution in [0.5, 0.6) is 0 Å². The normalized spacial score (nSPS) is 10.6. The summed E-state index contributed by atoms with van der Waals surface area (Å²) in [6.07, 6.45) is 1.70. The Balaban J connectivity index is 1.67. The minimum absolute atomic E-state index is 0.000913. The van der Waals surface area contributed by atoms with E-state index in [0.29, 0.717) is 33.7 Å². The van der Waals surface area contributed by atoms with Crippen LogP contribution in [0, 0.1) is 0 Å². The van der Waals surface area contributed by atoms with Crippen molar-refractivity contribution in [3.8, 4) is 0 Å². The number of allylic oxidation sites excluding steroid dienone is 1. The lowest BCUT2D eigenvalue weighted by molar-refractivity contribution is 0.0948. The van der Waals surface area contributed by atoms with E-state index in [1.807, 2.05) is 18.2 Å². The number of rotatable bonds is 9. The van der Waals surface area contributed by atoms with Gasteiger partial charge in [-0.25, -0.2) is 0 Å². The molecule has 30 heavy (non-hydrogen) atoms. The SMILES string of the molecule is C=CCn1c(CNC(=O)c2ccc(Cl)cc2Cl)nnc1SCC(=O)c1ccccc1. The van der Waals surface area contributed by atoms with Gasteiger partial charge in [0, 0.05) is 17.1 Å². The molecule has 1 N–H and O–H groups in total. The van der Waals surface area contributed by atoms with E-state index in [2.05, 4.69) is 22.1 Å². The van der Waals surface area contributed by atoms with Crippen LogP contribution in [0.3, 0.4) is 0 Å². The number of thioether (sulfide) groups is 1. The third-order valence-corrected chi connectivity index (χ3v) is 5.63. The quantitative estimate of drug-likeness (QED) is 0.285. The van der Waals surface area contributed by atoms with Crippen molar-refractivity contribution < 1.29 is 9.59 Å². The molecule has 6 nitrogen and oxygen atoms in total. The molecule has 0 unspecified atom stereocenters. The molecule has 0 aliphatic rings. The van der Waals surface area contributed by atoms with Crippen molar-refractivity contribution in [2.45, 2.75) is 18.2 Å². The number of aromatic nitrogens is 3. The summed E-state index contributed by atoms with van der Waals surface area (Å²) in [5.41, 5.74) is 0.964. The van der Waals surface area contributed by atoms with E-state index < -0.39 is 0 Å². The number of amides is 1. The summed E-state index contributed by atoms with van der Waals surface area (Å²) in [6, 6.07) is 13.7. The van der Waals surface area contributed by atoms with Gasteiger partial charge in [-0.2, -0.15) is 0 Å². The Hall–Kier alpha value is -2.61. The molecule has 3 aromatic rings. The Morgan fingerprint density at radius 1 is 1.13 bits per heavy atom. The molecule has 0 aliphatic heterocycles. The molecular weight excluding hydrogens is 443 g/mol. The van der Waals surface area contributed by atoms with Gasteiger partial charge in [0.2, 0.25) is 0 Å². The van der Waals surface area contributed by atoms with Gasteiger partial charge in [0.1, 0.15) is 0 Å². The Morgan fingerprint density at radius 2 is 1.90 bits per heavy atom. The van der Waals surface area contributed by atoms with Gasteiger partial charge < -0.3 is 9.88 Å². The summed E-state index contributed by atoms with van der Waals surface area (Å²) in [5, 5.41) is 12.4. The van der Waals surface area contributed by atoms with E-state index in [1.165, 1.54) is 17.8 Å². The van der Waals surface area contributed by atoms with Gasteiger partial charge in [0.15, 0.2) is 16.8 Å². The second-order valence-electron chi connectivity index (χ2n) is 6.18. The molecule has 9 heteroatoms. The summed E-state index contributed by atoms with van der Waals surface area (Å²) >= 11 is 13.2. The number of hydrogen-bond donors (Lipinski definition) is 1. The second kappa shape index (κ2) is 10.4. The van der Waals surface area contributed by atoms with Gasteiger partial charge >= 0.3 is 0 Å². The molecule has 1 heterocycles. The van der Waals surface area contributed by atoms with E-state index in [1.54, 1.807) is 34.9 Å². The Morgan fingerprint density at radius 3 is 2.60 bits per heavy atom. The fourth-order valence-corrected chi connectivity index (χ4v) is 3.99. The number of carbonyl (C=O) groups excluding carboxylic acids is 2. The largest absolute Gasteiger partial charge is 0.345 e. The number of benzene rings is 2. The zero-order valence-electron chi connectivity index (χ0n) is 15.8. The molecule has 0 bridgehead atoms. The van der Waals surface area contributed by atoms with Crippen molar-refractivity contribution in [2.75, 3.05) is 5.75 Å². The highest BCUT2D eigenvalue weighted by atomic mass is 35.5. The van der Waals surface area contributed by atoms with E-state index in [4.69, 9.17) is 23.2 Å². The number of nitrogens with one attached hydrogen (secondary N) is 1. The van der Waals surface area contributed by atoms with Crippen molar-refractivity contribution >= 4 is 46.7 Å². The number of halogens is 2. The van der Waals surface area contributed by atoms with Gasteiger partial charge in [-0.05, 0) is 18.2 Å². The second-order valence-corrected chi connectivity index (χ2v) is 7.97. The summed E-state index contributed by atoms with van der Waals surface area (Å²) in [5.74, 6) is 0.425. The van der Waals surface area contributed by atoms with E-state index in [9.17, 15) is 9.59 Å². The topological polar surface area (TPSA) is 76.9 Å². The van der Waals surface area contributed by atoms with Crippen LogP contribution >= 0.6 is 35.0 Å². The van der Waals surface area contributed by atoms with Crippen molar-refractivity contribution in [3.63, 3.8) is 0 Å². The zero-order valence-corrected chi connectivity index (χ0v) is 18.2. The van der Waals surface area contributed by atoms with Gasteiger partial charge in [0.05, 0.1) is 22.9 Å². The van der Waals surface area contributed by atoms with Gasteiger partial charge in [-0.1, -0.05) is 71.4 Å². The molecule has 0 aliphatic carbocycles. The molecule has 154 valence electrons. The first-order chi connectivity index (χ1) is 14.5. The van der Waals surface area contributed by atoms with Crippen LogP contribution in [-0.2, 0) is 13.1 Å². The van der Waals surface area contributed by atoms with Gasteiger partial charge in [0.25, 0.3) is 5.91 Å². The fraction of sp³-hybridized carbons (Fsp3) is 0.143. The smallest absolute Gasteiger partial charge is 0.253 e. The molecule has 0 atom stereocenters. The minimum Gasteiger partial charge on any atom is -0.345 e. The lowest BCUT2D eigenvalue weighted by atomic mass is 10.2. The van der Waals surface area contributed by atoms with Crippen LogP contribution in [-0.4, -0.2) is 32.2 Å². The molecular formula is C21H18Cl2N4O2S. The number of nitrogens with zero attached hydrogens (tertiary/aromatic N) is 3. The van der Waals surface area contributed by atoms with E-state index in [0.717, 1.165) is 0 Å². The maximum atomic E-state index is 12.4. The van der Waals surface area contributed by atoms with Crippen LogP contribution in [0.1, 0.15) is 26.5 Å². The minimum atomic E-state index is -0.349. The highest BCUT2D eigenvalue weighted by Gasteiger charge is 2.16. The van der Waals surface area contributed by atoms with Crippen LogP contribution in [0.25, 0.3) is 0 Å². The van der Waals surface area contributed by atoms with Crippen molar-refractivity contribution in [1.82, 2.24) is 20.1 Å². The highest BCUT2D eigenvalue weighted by molar-refractivity contribution is 7.99. The molecule has 1 aromatic heterocycles. The zero-order chi connectivity index (χ0) is 21.5. The summed E-state index contributed by atoms with van der Waals surface area (Å²) in [4.78, 5) is 24.8. The van der Waals surface area contributed by atoms with Crippen molar-refractivity contribution in [1.29, 1.82) is 0 Å². The van der Waals surface area contributed by atoms with E-state index >= 15 is 0 Å². The number of carbonyl (C=O) groups is 2. The first-order valence-corrected chi connectivity index (χ1v) is 10.7. The highest BCUT2D eigenvalue weighted by Crippen LogP contribution is 2.22. The number of hydrogen-bond acceptors (Lipinski definition) is 5. The molecule has 2 aromatic carbocycles. The monoisotopic (exact) mass is 460 g/mol. The molecule has 0 spiro atoms. The summed E-state index contributed by atoms with van der Waals surface area (Å²) < 4.78 is 1.81. The summed E-state index contributed by atoms with van der Waals surface area (Å²) in [6.45, 7) is 4.34. The third-order valence-electron chi connectivity index (χ3n) is 4.12.